The molecule has 0 aromatic rings. The van der Waals surface area contributed by atoms with Gasteiger partial charge in [-0.3, -0.25) is 9.98 Å². The molecule has 2 heteroatoms. The van der Waals surface area contributed by atoms with Crippen molar-refractivity contribution in [3.05, 3.63) is 12.2 Å². The second-order valence-corrected chi connectivity index (χ2v) is 2.62. The van der Waals surface area contributed by atoms with Crippen LogP contribution in [0.3, 0.4) is 0 Å². The molecule has 2 nitrogen and oxygen atoms in total. The van der Waals surface area contributed by atoms with Gasteiger partial charge in [-0.2, -0.15) is 0 Å². The summed E-state index contributed by atoms with van der Waals surface area (Å²) in [4.78, 5) is 8.50. The minimum Gasteiger partial charge on any atom is -0.291 e. The molecule has 1 unspecified atom stereocenters. The van der Waals surface area contributed by atoms with Crippen LogP contribution in [0.25, 0.3) is 0 Å². The van der Waals surface area contributed by atoms with E-state index in [1.165, 1.54) is 5.71 Å². The van der Waals surface area contributed by atoms with Crippen LogP contribution < -0.4 is 0 Å². The molecule has 2 heterocycles. The Morgan fingerprint density at radius 1 is 1.50 bits per heavy atom. The molecule has 1 atom stereocenters. The molecule has 2 aliphatic rings. The quantitative estimate of drug-likeness (QED) is 0.443. The summed E-state index contributed by atoms with van der Waals surface area (Å²) in [6, 6.07) is 0. The Kier molecular flexibility index (Phi) is 1.38. The first kappa shape index (κ1) is 5.83. The van der Waals surface area contributed by atoms with Gasteiger partial charge in [0.2, 0.25) is 0 Å². The minimum atomic E-state index is 0.575. The van der Waals surface area contributed by atoms with E-state index < -0.39 is 0 Å². The third-order valence-corrected chi connectivity index (χ3v) is 1.92. The highest BCUT2D eigenvalue weighted by Crippen LogP contribution is 2.14. The van der Waals surface area contributed by atoms with Crippen LogP contribution in [-0.4, -0.2) is 25.0 Å². The molecule has 0 aromatic heterocycles. The lowest BCUT2D eigenvalue weighted by Crippen LogP contribution is -2.22. The summed E-state index contributed by atoms with van der Waals surface area (Å²) in [5.41, 5.74) is 1.17. The van der Waals surface area contributed by atoms with Crippen molar-refractivity contribution in [1.29, 1.82) is 0 Å². The first-order valence-corrected chi connectivity index (χ1v) is 3.67. The molecule has 52 valence electrons. The molecule has 0 aromatic carbocycles. The molecule has 0 N–H and O–H groups in total. The van der Waals surface area contributed by atoms with E-state index in [1.807, 2.05) is 6.21 Å². The molecule has 0 amide bonds. The zero-order valence-corrected chi connectivity index (χ0v) is 5.83. The Bertz CT molecular complexity index is 213. The summed E-state index contributed by atoms with van der Waals surface area (Å²) in [7, 11) is 0. The van der Waals surface area contributed by atoms with Gasteiger partial charge in [0.1, 0.15) is 0 Å². The Morgan fingerprint density at radius 2 is 2.50 bits per heavy atom. The van der Waals surface area contributed by atoms with Gasteiger partial charge in [0.05, 0.1) is 12.3 Å². The maximum absolute atomic E-state index is 4.33. The first-order valence-electron chi connectivity index (χ1n) is 3.67. The molecular formula is C8H10N2. The van der Waals surface area contributed by atoms with Crippen molar-refractivity contribution >= 4 is 11.9 Å². The summed E-state index contributed by atoms with van der Waals surface area (Å²) < 4.78 is 0. The molecule has 2 aliphatic heterocycles. The molecule has 0 bridgehead atoms. The lowest BCUT2D eigenvalue weighted by atomic mass is 9.96. The fraction of sp³-hybridized carbons (Fsp3) is 0.500. The number of aliphatic imine (C=N–C) groups is 2. The summed E-state index contributed by atoms with van der Waals surface area (Å²) in [5.74, 6) is 0.575. The number of allylic oxidation sites excluding steroid dienone is 1. The van der Waals surface area contributed by atoms with Gasteiger partial charge in [-0.15, -0.1) is 0 Å². The predicted octanol–water partition coefficient (Wildman–Crippen LogP) is 1.09. The van der Waals surface area contributed by atoms with E-state index in [0.29, 0.717) is 5.92 Å². The highest BCUT2D eigenvalue weighted by atomic mass is 14.8. The fourth-order valence-electron chi connectivity index (χ4n) is 1.35. The van der Waals surface area contributed by atoms with Crippen molar-refractivity contribution in [1.82, 2.24) is 0 Å². The van der Waals surface area contributed by atoms with E-state index in [1.54, 1.807) is 0 Å². The third kappa shape index (κ3) is 0.897. The Hall–Kier alpha value is -0.920. The van der Waals surface area contributed by atoms with E-state index in [4.69, 9.17) is 0 Å². The molecule has 0 radical (unpaired) electrons. The van der Waals surface area contributed by atoms with E-state index in [2.05, 4.69) is 22.1 Å². The topological polar surface area (TPSA) is 24.7 Å². The van der Waals surface area contributed by atoms with Gasteiger partial charge in [-0.25, -0.2) is 0 Å². The van der Waals surface area contributed by atoms with Crippen LogP contribution in [0, 0.1) is 5.92 Å². The summed E-state index contributed by atoms with van der Waals surface area (Å²) >= 11 is 0. The standard InChI is InChI=1S/C8H10N2/c1-2-7-3-5-9-6-8(7)10-4-1/h1-2,6-7H,3-5H2. The van der Waals surface area contributed by atoms with Crippen LogP contribution in [0.1, 0.15) is 6.42 Å². The van der Waals surface area contributed by atoms with Gasteiger partial charge < -0.3 is 0 Å². The lowest BCUT2D eigenvalue weighted by Gasteiger charge is -2.18. The Balaban J connectivity index is 2.26. The fourth-order valence-corrected chi connectivity index (χ4v) is 1.35. The second-order valence-electron chi connectivity index (χ2n) is 2.62. The Labute approximate surface area is 60.4 Å². The third-order valence-electron chi connectivity index (χ3n) is 1.92. The molecule has 10 heavy (non-hydrogen) atoms. The molecule has 0 spiro atoms. The van der Waals surface area contributed by atoms with Crippen LogP contribution in [0.4, 0.5) is 0 Å². The predicted molar refractivity (Wildman–Crippen MR) is 42.9 cm³/mol. The zero-order chi connectivity index (χ0) is 6.81. The van der Waals surface area contributed by atoms with Crippen molar-refractivity contribution in [3.63, 3.8) is 0 Å². The van der Waals surface area contributed by atoms with Crippen LogP contribution >= 0.6 is 0 Å². The summed E-state index contributed by atoms with van der Waals surface area (Å²) in [6.45, 7) is 1.81. The molecular weight excluding hydrogens is 124 g/mol. The monoisotopic (exact) mass is 134 g/mol. The molecule has 0 saturated heterocycles. The molecule has 0 saturated carbocycles. The second kappa shape index (κ2) is 2.37. The van der Waals surface area contributed by atoms with Crippen molar-refractivity contribution in [3.8, 4) is 0 Å². The van der Waals surface area contributed by atoms with E-state index in [-0.39, 0.29) is 0 Å². The van der Waals surface area contributed by atoms with Crippen molar-refractivity contribution < 1.29 is 0 Å². The van der Waals surface area contributed by atoms with Crippen LogP contribution in [0.2, 0.25) is 0 Å². The lowest BCUT2D eigenvalue weighted by molar-refractivity contribution is 0.735. The van der Waals surface area contributed by atoms with E-state index in [0.717, 1.165) is 19.5 Å². The normalized spacial score (nSPS) is 29.6. The number of fused-ring (bicyclic) bond motifs is 1. The number of hydrogen-bond donors (Lipinski definition) is 0. The van der Waals surface area contributed by atoms with Gasteiger partial charge in [0, 0.05) is 18.7 Å². The largest absolute Gasteiger partial charge is 0.291 e. The number of hydrogen-bond acceptors (Lipinski definition) is 2. The van der Waals surface area contributed by atoms with Gasteiger partial charge >= 0.3 is 0 Å². The van der Waals surface area contributed by atoms with Crippen molar-refractivity contribution in [2.75, 3.05) is 13.1 Å². The summed E-state index contributed by atoms with van der Waals surface area (Å²) in [5, 5.41) is 0. The van der Waals surface area contributed by atoms with Gasteiger partial charge in [0.25, 0.3) is 0 Å². The SMILES string of the molecule is C1=CC2CCN=CC2=NC1. The highest BCUT2D eigenvalue weighted by Gasteiger charge is 2.15. The zero-order valence-electron chi connectivity index (χ0n) is 5.83. The van der Waals surface area contributed by atoms with Gasteiger partial charge in [0.15, 0.2) is 0 Å². The van der Waals surface area contributed by atoms with E-state index >= 15 is 0 Å². The van der Waals surface area contributed by atoms with Crippen LogP contribution in [0.5, 0.6) is 0 Å². The van der Waals surface area contributed by atoms with E-state index in [9.17, 15) is 0 Å². The molecule has 0 aliphatic carbocycles. The highest BCUT2D eigenvalue weighted by molar-refractivity contribution is 6.32. The summed E-state index contributed by atoms with van der Waals surface area (Å²) in [6.07, 6.45) is 7.43. The molecule has 2 rings (SSSR count). The molecule has 0 fully saturated rings. The van der Waals surface area contributed by atoms with Crippen LogP contribution in [-0.2, 0) is 0 Å². The number of dihydropyridines is 1. The average molecular weight is 134 g/mol. The van der Waals surface area contributed by atoms with Gasteiger partial charge in [-0.05, 0) is 6.42 Å². The first-order chi connectivity index (χ1) is 4.97. The Morgan fingerprint density at radius 3 is 3.40 bits per heavy atom. The number of rotatable bonds is 0. The maximum atomic E-state index is 4.33. The number of nitrogens with zero attached hydrogens (tertiary/aromatic N) is 2. The van der Waals surface area contributed by atoms with Gasteiger partial charge in [-0.1, -0.05) is 12.2 Å². The smallest absolute Gasteiger partial charge is 0.0599 e. The minimum absolute atomic E-state index is 0.575. The van der Waals surface area contributed by atoms with Crippen molar-refractivity contribution in [2.45, 2.75) is 6.42 Å². The maximum Gasteiger partial charge on any atom is 0.0599 e. The van der Waals surface area contributed by atoms with Crippen LogP contribution in [0.15, 0.2) is 22.1 Å². The average Bonchev–Trinajstić information content (AvgIpc) is 2.05. The van der Waals surface area contributed by atoms with Crippen molar-refractivity contribution in [2.24, 2.45) is 15.9 Å².